The lowest BCUT2D eigenvalue weighted by atomic mass is 9.71. The Morgan fingerprint density at radius 3 is 2.29 bits per heavy atom. The largest absolute Gasteiger partial charge is 0.389 e. The van der Waals surface area contributed by atoms with Crippen molar-refractivity contribution >= 4 is 0 Å². The Hall–Kier alpha value is -0.0800. The topological polar surface area (TPSA) is 32.3 Å². The lowest BCUT2D eigenvalue weighted by molar-refractivity contribution is 0.0481. The molecule has 2 aliphatic rings. The molecule has 0 bridgehead atoms. The zero-order chi connectivity index (χ0) is 12.4. The number of nitrogens with one attached hydrogen (secondary N) is 1. The van der Waals surface area contributed by atoms with Crippen molar-refractivity contribution in [2.24, 2.45) is 5.41 Å². The molecule has 17 heavy (non-hydrogen) atoms. The van der Waals surface area contributed by atoms with Crippen molar-refractivity contribution in [2.45, 2.75) is 83.3 Å². The predicted octanol–water partition coefficient (Wildman–Crippen LogP) is 3.24. The second-order valence-corrected chi connectivity index (χ2v) is 6.71. The van der Waals surface area contributed by atoms with Gasteiger partial charge in [0.1, 0.15) is 0 Å². The number of aliphatic hydroxyl groups is 1. The SMILES string of the molecule is CCC(C)(O)CNC1CCC2(CCCC2)CC1. The highest BCUT2D eigenvalue weighted by Crippen LogP contribution is 2.48. The molecule has 0 heterocycles. The van der Waals surface area contributed by atoms with E-state index in [9.17, 15) is 5.11 Å². The summed E-state index contributed by atoms with van der Waals surface area (Å²) in [5, 5.41) is 13.6. The van der Waals surface area contributed by atoms with Crippen molar-refractivity contribution in [2.75, 3.05) is 6.54 Å². The van der Waals surface area contributed by atoms with Gasteiger partial charge in [0, 0.05) is 12.6 Å². The molecule has 0 aromatic rings. The summed E-state index contributed by atoms with van der Waals surface area (Å²) in [5.74, 6) is 0. The van der Waals surface area contributed by atoms with Gasteiger partial charge in [0.05, 0.1) is 5.60 Å². The Morgan fingerprint density at radius 1 is 1.18 bits per heavy atom. The van der Waals surface area contributed by atoms with Crippen LogP contribution in [0.5, 0.6) is 0 Å². The molecule has 1 unspecified atom stereocenters. The Kier molecular flexibility index (Phi) is 4.14. The van der Waals surface area contributed by atoms with Crippen LogP contribution in [0, 0.1) is 5.41 Å². The third kappa shape index (κ3) is 3.45. The molecule has 2 fully saturated rings. The summed E-state index contributed by atoms with van der Waals surface area (Å²) in [7, 11) is 0. The molecular formula is C15H29NO. The second kappa shape index (κ2) is 5.27. The van der Waals surface area contributed by atoms with Crippen molar-refractivity contribution in [1.82, 2.24) is 5.32 Å². The van der Waals surface area contributed by atoms with Crippen LogP contribution >= 0.6 is 0 Å². The first-order chi connectivity index (χ1) is 8.05. The molecule has 0 radical (unpaired) electrons. The van der Waals surface area contributed by atoms with Gasteiger partial charge in [0.2, 0.25) is 0 Å². The average molecular weight is 239 g/mol. The zero-order valence-corrected chi connectivity index (χ0v) is 11.6. The van der Waals surface area contributed by atoms with E-state index in [2.05, 4.69) is 12.2 Å². The first kappa shape index (κ1) is 13.4. The van der Waals surface area contributed by atoms with Crippen molar-refractivity contribution in [3.8, 4) is 0 Å². The van der Waals surface area contributed by atoms with E-state index in [1.807, 2.05) is 6.92 Å². The maximum Gasteiger partial charge on any atom is 0.0741 e. The normalized spacial score (nSPS) is 28.4. The van der Waals surface area contributed by atoms with Crippen molar-refractivity contribution in [3.05, 3.63) is 0 Å². The molecule has 2 aliphatic carbocycles. The smallest absolute Gasteiger partial charge is 0.0741 e. The number of hydrogen-bond acceptors (Lipinski definition) is 2. The Labute approximate surface area is 106 Å². The summed E-state index contributed by atoms with van der Waals surface area (Å²) in [4.78, 5) is 0. The fraction of sp³-hybridized carbons (Fsp3) is 1.00. The van der Waals surface area contributed by atoms with Gasteiger partial charge in [-0.3, -0.25) is 0 Å². The van der Waals surface area contributed by atoms with Crippen LogP contribution in [0.15, 0.2) is 0 Å². The summed E-state index contributed by atoms with van der Waals surface area (Å²) >= 11 is 0. The van der Waals surface area contributed by atoms with E-state index in [1.165, 1.54) is 51.4 Å². The van der Waals surface area contributed by atoms with Crippen LogP contribution in [0.4, 0.5) is 0 Å². The van der Waals surface area contributed by atoms with Crippen LogP contribution < -0.4 is 5.32 Å². The van der Waals surface area contributed by atoms with Gasteiger partial charge in [-0.1, -0.05) is 19.8 Å². The third-order valence-corrected chi connectivity index (χ3v) is 5.24. The van der Waals surface area contributed by atoms with Crippen molar-refractivity contribution < 1.29 is 5.11 Å². The van der Waals surface area contributed by atoms with Crippen LogP contribution in [0.2, 0.25) is 0 Å². The van der Waals surface area contributed by atoms with E-state index in [4.69, 9.17) is 0 Å². The molecule has 0 amide bonds. The fourth-order valence-corrected chi connectivity index (χ4v) is 3.55. The maximum absolute atomic E-state index is 10.00. The van der Waals surface area contributed by atoms with E-state index < -0.39 is 5.60 Å². The van der Waals surface area contributed by atoms with Gasteiger partial charge >= 0.3 is 0 Å². The Balaban J connectivity index is 1.72. The summed E-state index contributed by atoms with van der Waals surface area (Å²) in [6.45, 7) is 4.73. The molecule has 2 heteroatoms. The van der Waals surface area contributed by atoms with E-state index in [0.29, 0.717) is 6.04 Å². The molecule has 0 aromatic heterocycles. The molecule has 2 N–H and O–H groups in total. The van der Waals surface area contributed by atoms with Gasteiger partial charge in [-0.25, -0.2) is 0 Å². The molecule has 1 spiro atoms. The van der Waals surface area contributed by atoms with Gasteiger partial charge in [0.15, 0.2) is 0 Å². The summed E-state index contributed by atoms with van der Waals surface area (Å²) in [6, 6.07) is 0.652. The minimum absolute atomic E-state index is 0.525. The highest BCUT2D eigenvalue weighted by atomic mass is 16.3. The lowest BCUT2D eigenvalue weighted by Gasteiger charge is -2.38. The van der Waals surface area contributed by atoms with Crippen LogP contribution in [0.3, 0.4) is 0 Å². The van der Waals surface area contributed by atoms with Crippen molar-refractivity contribution in [1.29, 1.82) is 0 Å². The van der Waals surface area contributed by atoms with Gasteiger partial charge in [0.25, 0.3) is 0 Å². The van der Waals surface area contributed by atoms with Crippen molar-refractivity contribution in [3.63, 3.8) is 0 Å². The van der Waals surface area contributed by atoms with E-state index in [1.54, 1.807) is 0 Å². The minimum Gasteiger partial charge on any atom is -0.389 e. The standard InChI is InChI=1S/C15H29NO/c1-3-14(2,17)12-16-13-6-10-15(11-7-13)8-4-5-9-15/h13,16-17H,3-12H2,1-2H3. The van der Waals surface area contributed by atoms with Crippen LogP contribution in [0.25, 0.3) is 0 Å². The molecule has 0 saturated heterocycles. The van der Waals surface area contributed by atoms with E-state index >= 15 is 0 Å². The molecule has 2 saturated carbocycles. The van der Waals surface area contributed by atoms with E-state index in [0.717, 1.165) is 18.4 Å². The summed E-state index contributed by atoms with van der Waals surface area (Å²) in [6.07, 6.45) is 12.2. The second-order valence-electron chi connectivity index (χ2n) is 6.71. The Morgan fingerprint density at radius 2 is 1.76 bits per heavy atom. The zero-order valence-electron chi connectivity index (χ0n) is 11.6. The number of rotatable bonds is 4. The van der Waals surface area contributed by atoms with Gasteiger partial charge in [-0.2, -0.15) is 0 Å². The maximum atomic E-state index is 10.00. The van der Waals surface area contributed by atoms with Gasteiger partial charge < -0.3 is 10.4 Å². The Bertz CT molecular complexity index is 233. The minimum atomic E-state index is -0.525. The fourth-order valence-electron chi connectivity index (χ4n) is 3.55. The molecule has 2 rings (SSSR count). The van der Waals surface area contributed by atoms with Gasteiger partial charge in [-0.05, 0) is 57.3 Å². The summed E-state index contributed by atoms with van der Waals surface area (Å²) < 4.78 is 0. The van der Waals surface area contributed by atoms with E-state index in [-0.39, 0.29) is 0 Å². The molecule has 100 valence electrons. The lowest BCUT2D eigenvalue weighted by Crippen LogP contribution is -2.44. The van der Waals surface area contributed by atoms with Crippen LogP contribution in [-0.2, 0) is 0 Å². The number of hydrogen-bond donors (Lipinski definition) is 2. The first-order valence-electron chi connectivity index (χ1n) is 7.51. The van der Waals surface area contributed by atoms with Gasteiger partial charge in [-0.15, -0.1) is 0 Å². The molecular weight excluding hydrogens is 210 g/mol. The molecule has 2 nitrogen and oxygen atoms in total. The molecule has 0 aliphatic heterocycles. The van der Waals surface area contributed by atoms with Crippen LogP contribution in [0.1, 0.15) is 71.6 Å². The molecule has 1 atom stereocenters. The first-order valence-corrected chi connectivity index (χ1v) is 7.51. The quantitative estimate of drug-likeness (QED) is 0.789. The highest BCUT2D eigenvalue weighted by Gasteiger charge is 2.37. The third-order valence-electron chi connectivity index (χ3n) is 5.24. The van der Waals surface area contributed by atoms with Crippen LogP contribution in [-0.4, -0.2) is 23.3 Å². The summed E-state index contributed by atoms with van der Waals surface area (Å²) in [5.41, 5.74) is 0.202. The highest BCUT2D eigenvalue weighted by molar-refractivity contribution is 4.91. The average Bonchev–Trinajstić information content (AvgIpc) is 2.77. The predicted molar refractivity (Wildman–Crippen MR) is 72.1 cm³/mol. The molecule has 0 aromatic carbocycles. The monoisotopic (exact) mass is 239 g/mol.